The first-order valence-electron chi connectivity index (χ1n) is 14.8. The monoisotopic (exact) mass is 562 g/mol. The third-order valence-corrected chi connectivity index (χ3v) is 8.57. The molecule has 2 aliphatic rings. The lowest BCUT2D eigenvalue weighted by molar-refractivity contribution is 0.165. The summed E-state index contributed by atoms with van der Waals surface area (Å²) in [6, 6.07) is 11.6. The highest BCUT2D eigenvalue weighted by atomic mass is 19.1. The zero-order chi connectivity index (χ0) is 31.0. The molecule has 0 heterocycles. The minimum absolute atomic E-state index is 0.153. The van der Waals surface area contributed by atoms with Crippen LogP contribution in [0.3, 0.4) is 0 Å². The summed E-state index contributed by atoms with van der Waals surface area (Å²) < 4.78 is 25.9. The number of nitrogens with zero attached hydrogens (tertiary/aromatic N) is 1. The van der Waals surface area contributed by atoms with Crippen molar-refractivity contribution in [1.29, 1.82) is 0 Å². The van der Waals surface area contributed by atoms with Crippen LogP contribution < -0.4 is 5.32 Å². The molecule has 2 aromatic rings. The van der Waals surface area contributed by atoms with Crippen molar-refractivity contribution in [2.24, 2.45) is 21.2 Å². The Kier molecular flexibility index (Phi) is 11.9. The van der Waals surface area contributed by atoms with E-state index in [4.69, 9.17) is 0 Å². The van der Waals surface area contributed by atoms with Crippen LogP contribution in [0.25, 0.3) is 5.70 Å². The molecule has 0 amide bonds. The number of hydrogen-bond donors (Lipinski definition) is 1. The normalized spacial score (nSPS) is 19.5. The van der Waals surface area contributed by atoms with Crippen LogP contribution in [0, 0.1) is 34.8 Å². The number of halogens is 2. The van der Waals surface area contributed by atoms with Crippen LogP contribution >= 0.6 is 0 Å². The molecular formula is C37H52F2N2. The van der Waals surface area contributed by atoms with Crippen LogP contribution in [0.1, 0.15) is 91.3 Å². The average Bonchev–Trinajstić information content (AvgIpc) is 3.13. The molecule has 1 N–H and O–H groups in total. The number of nitrogens with one attached hydrogen (secondary N) is 1. The highest BCUT2D eigenvalue weighted by Gasteiger charge is 2.49. The van der Waals surface area contributed by atoms with Gasteiger partial charge in [0.1, 0.15) is 11.6 Å². The fourth-order valence-corrected chi connectivity index (χ4v) is 5.39. The van der Waals surface area contributed by atoms with Gasteiger partial charge < -0.3 is 5.32 Å². The van der Waals surface area contributed by atoms with Crippen LogP contribution in [-0.2, 0) is 6.42 Å². The maximum Gasteiger partial charge on any atom is 0.132 e. The molecule has 0 aromatic heterocycles. The van der Waals surface area contributed by atoms with Gasteiger partial charge in [-0.2, -0.15) is 0 Å². The molecule has 41 heavy (non-hydrogen) atoms. The van der Waals surface area contributed by atoms with E-state index in [1.807, 2.05) is 33.2 Å². The molecule has 4 heteroatoms. The van der Waals surface area contributed by atoms with Crippen LogP contribution in [0.15, 0.2) is 76.8 Å². The minimum Gasteiger partial charge on any atom is -0.384 e. The third-order valence-electron chi connectivity index (χ3n) is 8.57. The van der Waals surface area contributed by atoms with Gasteiger partial charge in [-0.25, -0.2) is 8.78 Å². The lowest BCUT2D eigenvalue weighted by Gasteiger charge is -2.42. The van der Waals surface area contributed by atoms with Crippen LogP contribution in [0.5, 0.6) is 0 Å². The molecule has 2 aliphatic carbocycles. The summed E-state index contributed by atoms with van der Waals surface area (Å²) in [5.41, 5.74) is 8.80. The van der Waals surface area contributed by atoms with E-state index >= 15 is 0 Å². The van der Waals surface area contributed by atoms with E-state index < -0.39 is 0 Å². The highest BCUT2D eigenvalue weighted by Crippen LogP contribution is 2.60. The van der Waals surface area contributed by atoms with Gasteiger partial charge in [0.25, 0.3) is 0 Å². The van der Waals surface area contributed by atoms with E-state index in [0.29, 0.717) is 22.1 Å². The van der Waals surface area contributed by atoms with Crippen LogP contribution in [-0.4, -0.2) is 19.8 Å². The van der Waals surface area contributed by atoms with Crippen molar-refractivity contribution >= 4 is 11.9 Å². The van der Waals surface area contributed by atoms with E-state index in [2.05, 4.69) is 71.4 Å². The van der Waals surface area contributed by atoms with E-state index in [1.165, 1.54) is 42.2 Å². The summed E-state index contributed by atoms with van der Waals surface area (Å²) in [7, 11) is 1.86. The molecule has 0 aliphatic heterocycles. The van der Waals surface area contributed by atoms with E-state index in [1.54, 1.807) is 23.8 Å². The van der Waals surface area contributed by atoms with Gasteiger partial charge in [-0.15, -0.1) is 0 Å². The maximum absolute atomic E-state index is 13.8. The zero-order valence-corrected chi connectivity index (χ0v) is 27.1. The van der Waals surface area contributed by atoms with Crippen molar-refractivity contribution in [1.82, 2.24) is 5.32 Å². The number of fused-ring (bicyclic) bond motifs is 1. The number of benzene rings is 2. The molecule has 1 fully saturated rings. The van der Waals surface area contributed by atoms with Crippen molar-refractivity contribution in [2.45, 2.75) is 88.0 Å². The quantitative estimate of drug-likeness (QED) is 0.360. The van der Waals surface area contributed by atoms with Crippen molar-refractivity contribution in [2.75, 3.05) is 13.6 Å². The second-order valence-electron chi connectivity index (χ2n) is 13.5. The summed E-state index contributed by atoms with van der Waals surface area (Å²) in [6.07, 6.45) is 9.02. The molecule has 0 spiro atoms. The lowest BCUT2D eigenvalue weighted by atomic mass is 9.62. The first-order valence-corrected chi connectivity index (χ1v) is 14.8. The molecule has 1 saturated carbocycles. The van der Waals surface area contributed by atoms with Crippen molar-refractivity contribution in [3.63, 3.8) is 0 Å². The Morgan fingerprint density at radius 3 is 2.22 bits per heavy atom. The second-order valence-corrected chi connectivity index (χ2v) is 13.5. The van der Waals surface area contributed by atoms with Gasteiger partial charge in [0.15, 0.2) is 0 Å². The Bertz CT molecular complexity index is 1250. The first kappa shape index (κ1) is 34.2. The lowest BCUT2D eigenvalue weighted by Crippen LogP contribution is -2.33. The standard InChI is InChI=1S/C15H22FN.C15H23N.C7H7F/c1-6-12-8-7-9-13(16)14(12)11(2)17-10-15(3,4)5;1-11-8-13-6-7-14(2,3)15(13,4)9-12(11)10-16-5;1-6-2-4-7(8)5-3-6/h7-9,17H,2,6,10H2,1,3-5H3;8,10H,6-7,9H2,1-5H3;2-5H,1H3. The van der Waals surface area contributed by atoms with E-state index in [-0.39, 0.29) is 17.0 Å². The molecular weight excluding hydrogens is 510 g/mol. The van der Waals surface area contributed by atoms with Gasteiger partial charge in [-0.05, 0) is 90.7 Å². The van der Waals surface area contributed by atoms with Gasteiger partial charge in [0.2, 0.25) is 0 Å². The molecule has 0 saturated heterocycles. The Hall–Kier alpha value is -3.01. The first-order chi connectivity index (χ1) is 19.0. The minimum atomic E-state index is -0.198. The molecule has 2 nitrogen and oxygen atoms in total. The zero-order valence-electron chi connectivity index (χ0n) is 27.1. The number of aryl methyl sites for hydroxylation is 2. The molecule has 4 rings (SSSR count). The SMILES string of the molecule is C=C(NCC(C)(C)C)c1c(F)cccc1CC.CN=CC1=C(C)C=C2CCC(C)(C)C2(C)C1.Cc1ccc(F)cc1. The molecule has 0 bridgehead atoms. The highest BCUT2D eigenvalue weighted by molar-refractivity contribution is 5.81. The predicted octanol–water partition coefficient (Wildman–Crippen LogP) is 10.3. The van der Waals surface area contributed by atoms with Crippen LogP contribution in [0.4, 0.5) is 8.78 Å². The molecule has 1 atom stereocenters. The molecule has 2 aromatic carbocycles. The summed E-state index contributed by atoms with van der Waals surface area (Å²) in [4.78, 5) is 4.19. The smallest absolute Gasteiger partial charge is 0.132 e. The third kappa shape index (κ3) is 9.24. The van der Waals surface area contributed by atoms with E-state index in [9.17, 15) is 8.78 Å². The number of rotatable bonds is 5. The number of hydrogen-bond acceptors (Lipinski definition) is 2. The van der Waals surface area contributed by atoms with Crippen LogP contribution in [0.2, 0.25) is 0 Å². The molecule has 0 radical (unpaired) electrons. The summed E-state index contributed by atoms with van der Waals surface area (Å²) in [5, 5.41) is 3.22. The van der Waals surface area contributed by atoms with Gasteiger partial charge in [0.05, 0.1) is 0 Å². The van der Waals surface area contributed by atoms with Gasteiger partial charge in [0, 0.05) is 31.1 Å². The Labute approximate surface area is 248 Å². The molecule has 224 valence electrons. The van der Waals surface area contributed by atoms with Gasteiger partial charge in [-0.3, -0.25) is 4.99 Å². The fraction of sp³-hybridized carbons (Fsp3) is 0.486. The van der Waals surface area contributed by atoms with E-state index in [0.717, 1.165) is 30.5 Å². The second kappa shape index (κ2) is 14.2. The summed E-state index contributed by atoms with van der Waals surface area (Å²) in [5.74, 6) is -0.369. The number of allylic oxidation sites excluding steroid dienone is 4. The Morgan fingerprint density at radius 1 is 1.05 bits per heavy atom. The largest absolute Gasteiger partial charge is 0.384 e. The average molecular weight is 563 g/mol. The van der Waals surface area contributed by atoms with Gasteiger partial charge in [-0.1, -0.05) is 96.5 Å². The molecule has 1 unspecified atom stereocenters. The Balaban J connectivity index is 0.000000228. The number of aliphatic imine (C=N–C) groups is 1. The topological polar surface area (TPSA) is 24.4 Å². The fourth-order valence-electron chi connectivity index (χ4n) is 5.39. The van der Waals surface area contributed by atoms with Crippen molar-refractivity contribution in [3.8, 4) is 0 Å². The summed E-state index contributed by atoms with van der Waals surface area (Å²) in [6.45, 7) is 24.6. The predicted molar refractivity (Wildman–Crippen MR) is 174 cm³/mol. The van der Waals surface area contributed by atoms with Gasteiger partial charge >= 0.3 is 0 Å². The maximum atomic E-state index is 13.8. The summed E-state index contributed by atoms with van der Waals surface area (Å²) >= 11 is 0. The van der Waals surface area contributed by atoms with Crippen molar-refractivity contribution in [3.05, 3.63) is 100 Å². The Morgan fingerprint density at radius 2 is 1.68 bits per heavy atom. The van der Waals surface area contributed by atoms with Crippen molar-refractivity contribution < 1.29 is 8.78 Å².